The molecule has 0 fully saturated rings. The Bertz CT molecular complexity index is 1040. The number of hydrogen-bond acceptors (Lipinski definition) is 6. The van der Waals surface area contributed by atoms with Crippen LogP contribution in [0.4, 0.5) is 0 Å². The Balaban J connectivity index is 1.67. The minimum absolute atomic E-state index is 0.0810. The van der Waals surface area contributed by atoms with Gasteiger partial charge in [0.15, 0.2) is 11.3 Å². The maximum Gasteiger partial charge on any atom is 0.244 e. The fraction of sp³-hybridized carbons (Fsp3) is 0.150. The molecule has 2 heterocycles. The highest BCUT2D eigenvalue weighted by atomic mass is 16.7. The summed E-state index contributed by atoms with van der Waals surface area (Å²) in [6.07, 6.45) is 1.29. The number of fused-ring (bicyclic) bond motifs is 1. The van der Waals surface area contributed by atoms with Crippen LogP contribution in [-0.2, 0) is 15.9 Å². The predicted molar refractivity (Wildman–Crippen MR) is 94.8 cm³/mol. The van der Waals surface area contributed by atoms with Crippen molar-refractivity contribution in [3.05, 3.63) is 76.3 Å². The Labute approximate surface area is 148 Å². The summed E-state index contributed by atoms with van der Waals surface area (Å²) in [5, 5.41) is 10.5. The van der Waals surface area contributed by atoms with E-state index in [0.29, 0.717) is 12.2 Å². The molecule has 3 aromatic rings. The number of methoxy groups -OCH3 is 1. The van der Waals surface area contributed by atoms with Gasteiger partial charge in [-0.15, -0.1) is 0 Å². The third kappa shape index (κ3) is 2.75. The second-order valence-electron chi connectivity index (χ2n) is 5.80. The van der Waals surface area contributed by atoms with Gasteiger partial charge in [0.2, 0.25) is 29.0 Å². The van der Waals surface area contributed by atoms with Crippen LogP contribution < -0.4 is 10.2 Å². The average molecular weight is 352 g/mol. The van der Waals surface area contributed by atoms with Gasteiger partial charge in [-0.1, -0.05) is 36.4 Å². The molecule has 6 heteroatoms. The summed E-state index contributed by atoms with van der Waals surface area (Å²) in [5.74, 6) is -0.0573. The molecular weight excluding hydrogens is 336 g/mol. The Morgan fingerprint density at radius 1 is 1.12 bits per heavy atom. The molecule has 0 bridgehead atoms. The first kappa shape index (κ1) is 16.1. The summed E-state index contributed by atoms with van der Waals surface area (Å²) in [7, 11) is 1.48. The molecule has 0 radical (unpaired) electrons. The highest BCUT2D eigenvalue weighted by Gasteiger charge is 2.27. The van der Waals surface area contributed by atoms with Crippen LogP contribution in [0.3, 0.4) is 0 Å². The van der Waals surface area contributed by atoms with E-state index < -0.39 is 17.5 Å². The molecule has 26 heavy (non-hydrogen) atoms. The third-order valence-corrected chi connectivity index (χ3v) is 4.13. The standard InChI is InChI=1S/C20H16O6/c1-23-14-9-5-8-13-17(21)18(22)20(26-19(13)14)15-11-24-16(25-15)10-12-6-3-2-4-7-12/h2-9,11,16,22H,10H2,1H3. The summed E-state index contributed by atoms with van der Waals surface area (Å²) in [5.41, 5.74) is 0.720. The van der Waals surface area contributed by atoms with Crippen molar-refractivity contribution in [2.45, 2.75) is 12.7 Å². The minimum atomic E-state index is -0.564. The van der Waals surface area contributed by atoms with Crippen molar-refractivity contribution in [1.29, 1.82) is 0 Å². The van der Waals surface area contributed by atoms with Crippen molar-refractivity contribution in [2.75, 3.05) is 7.11 Å². The van der Waals surface area contributed by atoms with Crippen LogP contribution >= 0.6 is 0 Å². The number of para-hydroxylation sites is 1. The molecule has 1 aliphatic rings. The molecule has 0 saturated carbocycles. The predicted octanol–water partition coefficient (Wildman–Crippen LogP) is 3.42. The van der Waals surface area contributed by atoms with Gasteiger partial charge in [0.05, 0.1) is 12.5 Å². The first-order valence-electron chi connectivity index (χ1n) is 8.06. The zero-order chi connectivity index (χ0) is 18.1. The molecule has 2 aromatic carbocycles. The maximum absolute atomic E-state index is 12.5. The lowest BCUT2D eigenvalue weighted by Gasteiger charge is -2.12. The molecule has 4 rings (SSSR count). The Hall–Kier alpha value is -3.41. The van der Waals surface area contributed by atoms with Crippen molar-refractivity contribution in [3.8, 4) is 11.5 Å². The van der Waals surface area contributed by atoms with Gasteiger partial charge in [-0.2, -0.15) is 0 Å². The van der Waals surface area contributed by atoms with Gasteiger partial charge >= 0.3 is 0 Å². The van der Waals surface area contributed by atoms with Crippen LogP contribution in [0.2, 0.25) is 0 Å². The lowest BCUT2D eigenvalue weighted by Crippen LogP contribution is -2.12. The summed E-state index contributed by atoms with van der Waals surface area (Å²) in [6, 6.07) is 14.6. The van der Waals surface area contributed by atoms with Gasteiger partial charge in [0, 0.05) is 6.42 Å². The van der Waals surface area contributed by atoms with Crippen molar-refractivity contribution in [3.63, 3.8) is 0 Å². The number of rotatable bonds is 4. The molecule has 0 spiro atoms. The van der Waals surface area contributed by atoms with E-state index in [4.69, 9.17) is 18.6 Å². The minimum Gasteiger partial charge on any atom is -0.501 e. The molecular formula is C20H16O6. The van der Waals surface area contributed by atoms with E-state index in [-0.39, 0.29) is 22.5 Å². The maximum atomic E-state index is 12.5. The first-order valence-corrected chi connectivity index (χ1v) is 8.06. The van der Waals surface area contributed by atoms with E-state index in [1.807, 2.05) is 30.3 Å². The largest absolute Gasteiger partial charge is 0.501 e. The second kappa shape index (κ2) is 6.48. The van der Waals surface area contributed by atoms with E-state index in [1.165, 1.54) is 13.4 Å². The Morgan fingerprint density at radius 2 is 1.92 bits per heavy atom. The summed E-state index contributed by atoms with van der Waals surface area (Å²) in [6.45, 7) is 0. The number of benzene rings is 2. The van der Waals surface area contributed by atoms with E-state index in [1.54, 1.807) is 18.2 Å². The van der Waals surface area contributed by atoms with Gasteiger partial charge in [-0.25, -0.2) is 0 Å². The molecule has 0 aliphatic carbocycles. The second-order valence-corrected chi connectivity index (χ2v) is 5.80. The number of hydrogen-bond donors (Lipinski definition) is 1. The van der Waals surface area contributed by atoms with Crippen molar-refractivity contribution < 1.29 is 23.7 Å². The fourth-order valence-electron chi connectivity index (χ4n) is 2.85. The highest BCUT2D eigenvalue weighted by molar-refractivity contribution is 5.85. The van der Waals surface area contributed by atoms with Crippen LogP contribution in [0, 0.1) is 0 Å². The van der Waals surface area contributed by atoms with E-state index in [0.717, 1.165) is 5.56 Å². The van der Waals surface area contributed by atoms with Gasteiger partial charge in [-0.3, -0.25) is 4.79 Å². The van der Waals surface area contributed by atoms with Crippen LogP contribution in [-0.4, -0.2) is 18.5 Å². The molecule has 1 aromatic heterocycles. The number of ether oxygens (including phenoxy) is 3. The van der Waals surface area contributed by atoms with E-state index in [2.05, 4.69) is 0 Å². The topological polar surface area (TPSA) is 78.1 Å². The molecule has 132 valence electrons. The molecule has 0 amide bonds. The number of aromatic hydroxyl groups is 1. The SMILES string of the molecule is COc1cccc2c(=O)c(O)c(C3=COC(Cc4ccccc4)O3)oc12. The summed E-state index contributed by atoms with van der Waals surface area (Å²) in [4.78, 5) is 12.5. The van der Waals surface area contributed by atoms with Crippen molar-refractivity contribution >= 4 is 16.7 Å². The zero-order valence-electron chi connectivity index (χ0n) is 14.0. The smallest absolute Gasteiger partial charge is 0.244 e. The van der Waals surface area contributed by atoms with Crippen LogP contribution in [0.5, 0.6) is 11.5 Å². The normalized spacial score (nSPS) is 16.0. The molecule has 1 N–H and O–H groups in total. The van der Waals surface area contributed by atoms with Crippen LogP contribution in [0.25, 0.3) is 16.7 Å². The monoisotopic (exact) mass is 352 g/mol. The summed E-state index contributed by atoms with van der Waals surface area (Å²) < 4.78 is 22.2. The average Bonchev–Trinajstić information content (AvgIpc) is 3.13. The lowest BCUT2D eigenvalue weighted by atomic mass is 10.1. The van der Waals surface area contributed by atoms with Crippen molar-refractivity contribution in [2.24, 2.45) is 0 Å². The molecule has 6 nitrogen and oxygen atoms in total. The van der Waals surface area contributed by atoms with Crippen LogP contribution in [0.1, 0.15) is 11.3 Å². The first-order chi connectivity index (χ1) is 12.7. The van der Waals surface area contributed by atoms with E-state index >= 15 is 0 Å². The zero-order valence-corrected chi connectivity index (χ0v) is 14.0. The van der Waals surface area contributed by atoms with Crippen molar-refractivity contribution in [1.82, 2.24) is 0 Å². The van der Waals surface area contributed by atoms with Gasteiger partial charge in [-0.05, 0) is 17.7 Å². The molecule has 1 atom stereocenters. The van der Waals surface area contributed by atoms with Gasteiger partial charge in [0.1, 0.15) is 6.26 Å². The molecule has 0 saturated heterocycles. The lowest BCUT2D eigenvalue weighted by molar-refractivity contribution is -0.0146. The Morgan fingerprint density at radius 3 is 2.69 bits per heavy atom. The van der Waals surface area contributed by atoms with Gasteiger partial charge < -0.3 is 23.7 Å². The molecule has 1 unspecified atom stereocenters. The van der Waals surface area contributed by atoms with E-state index in [9.17, 15) is 9.90 Å². The fourth-order valence-corrected chi connectivity index (χ4v) is 2.85. The van der Waals surface area contributed by atoms with Gasteiger partial charge in [0.25, 0.3) is 0 Å². The highest BCUT2D eigenvalue weighted by Crippen LogP contribution is 2.34. The van der Waals surface area contributed by atoms with Crippen LogP contribution in [0.15, 0.2) is 64.0 Å². The molecule has 1 aliphatic heterocycles. The third-order valence-electron chi connectivity index (χ3n) is 4.13. The quantitative estimate of drug-likeness (QED) is 0.775. The summed E-state index contributed by atoms with van der Waals surface area (Å²) >= 11 is 0. The Kier molecular flexibility index (Phi) is 4.01.